The van der Waals surface area contributed by atoms with Crippen LogP contribution in [-0.4, -0.2) is 4.57 Å². The van der Waals surface area contributed by atoms with Crippen LogP contribution >= 0.6 is 0 Å². The zero-order chi connectivity index (χ0) is 38.3. The SMILES string of the molecule is CC(C)(C)c1cc(-n2c3ccccc3c3cc(N(c4ccc5c(ccc6ccccc65)c4)c4ccc5c(ccc6ccccc65)c4)ccc32)cc(C(C)(C)C)c1. The Morgan fingerprint density at radius 2 is 0.768 bits per heavy atom. The molecule has 10 aromatic rings. The highest BCUT2D eigenvalue weighted by Gasteiger charge is 2.23. The quantitative estimate of drug-likeness (QED) is 0.164. The van der Waals surface area contributed by atoms with Crippen molar-refractivity contribution in [1.29, 1.82) is 0 Å². The Labute approximate surface area is 329 Å². The van der Waals surface area contributed by atoms with Gasteiger partial charge in [-0.25, -0.2) is 0 Å². The molecule has 1 aromatic heterocycles. The second kappa shape index (κ2) is 12.6. The fourth-order valence-corrected chi connectivity index (χ4v) is 8.71. The van der Waals surface area contributed by atoms with Crippen LogP contribution in [-0.2, 0) is 10.8 Å². The predicted molar refractivity (Wildman–Crippen MR) is 243 cm³/mol. The minimum Gasteiger partial charge on any atom is -0.310 e. The van der Waals surface area contributed by atoms with Gasteiger partial charge in [0.1, 0.15) is 0 Å². The van der Waals surface area contributed by atoms with Gasteiger partial charge in [-0.2, -0.15) is 0 Å². The van der Waals surface area contributed by atoms with Gasteiger partial charge >= 0.3 is 0 Å². The number of benzene rings is 9. The number of para-hydroxylation sites is 1. The first-order valence-corrected chi connectivity index (χ1v) is 19.8. The van der Waals surface area contributed by atoms with Gasteiger partial charge < -0.3 is 9.47 Å². The Morgan fingerprint density at radius 1 is 0.339 bits per heavy atom. The van der Waals surface area contributed by atoms with Gasteiger partial charge in [-0.1, -0.05) is 151 Å². The van der Waals surface area contributed by atoms with Crippen LogP contribution < -0.4 is 4.90 Å². The summed E-state index contributed by atoms with van der Waals surface area (Å²) in [7, 11) is 0. The number of hydrogen-bond donors (Lipinski definition) is 0. The van der Waals surface area contributed by atoms with Crippen molar-refractivity contribution in [2.75, 3.05) is 4.90 Å². The molecule has 0 aliphatic carbocycles. The maximum absolute atomic E-state index is 2.48. The Kier molecular flexibility index (Phi) is 7.67. The van der Waals surface area contributed by atoms with E-state index in [0.717, 1.165) is 17.1 Å². The monoisotopic (exact) mass is 722 g/mol. The fraction of sp³-hybridized carbons (Fsp3) is 0.148. The van der Waals surface area contributed by atoms with Crippen LogP contribution in [0.4, 0.5) is 17.1 Å². The summed E-state index contributed by atoms with van der Waals surface area (Å²) in [4.78, 5) is 2.44. The maximum atomic E-state index is 2.48. The van der Waals surface area contributed by atoms with Crippen molar-refractivity contribution in [3.8, 4) is 5.69 Å². The Morgan fingerprint density at radius 3 is 1.32 bits per heavy atom. The summed E-state index contributed by atoms with van der Waals surface area (Å²) >= 11 is 0. The lowest BCUT2D eigenvalue weighted by molar-refractivity contribution is 0.568. The van der Waals surface area contributed by atoms with Crippen LogP contribution in [0.1, 0.15) is 52.7 Å². The first-order chi connectivity index (χ1) is 27.0. The maximum Gasteiger partial charge on any atom is 0.0542 e. The number of rotatable bonds is 4. The highest BCUT2D eigenvalue weighted by Crippen LogP contribution is 2.43. The van der Waals surface area contributed by atoms with Gasteiger partial charge in [-0.3, -0.25) is 0 Å². The predicted octanol–water partition coefficient (Wildman–Crippen LogP) is 15.5. The molecule has 0 saturated carbocycles. The molecule has 272 valence electrons. The molecular weight excluding hydrogens is 677 g/mol. The van der Waals surface area contributed by atoms with E-state index >= 15 is 0 Å². The molecule has 0 radical (unpaired) electrons. The summed E-state index contributed by atoms with van der Waals surface area (Å²) in [5, 5.41) is 12.5. The normalized spacial score (nSPS) is 12.5. The molecule has 0 N–H and O–H groups in total. The standard InChI is InChI=1S/C54H46N2/c1-53(2,3)39-31-40(54(4,5)6)33-44(32-39)56-51-18-12-11-17-49(51)50-34-43(25-28-52(50)56)55(41-23-26-47-37(29-41)21-19-35-13-7-9-15-45(35)47)42-24-27-48-38(30-42)22-20-36-14-8-10-16-46(36)48/h7-34H,1-6H3. The van der Waals surface area contributed by atoms with Gasteiger partial charge in [0, 0.05) is 33.5 Å². The highest BCUT2D eigenvalue weighted by atomic mass is 15.1. The average Bonchev–Trinajstić information content (AvgIpc) is 3.53. The number of fused-ring (bicyclic) bond motifs is 9. The van der Waals surface area contributed by atoms with E-state index in [1.54, 1.807) is 0 Å². The molecular formula is C54H46N2. The van der Waals surface area contributed by atoms with E-state index in [1.165, 1.54) is 81.7 Å². The van der Waals surface area contributed by atoms with Gasteiger partial charge in [-0.05, 0) is 126 Å². The molecule has 56 heavy (non-hydrogen) atoms. The van der Waals surface area contributed by atoms with E-state index in [4.69, 9.17) is 0 Å². The third-order valence-electron chi connectivity index (χ3n) is 11.8. The highest BCUT2D eigenvalue weighted by molar-refractivity contribution is 6.13. The number of nitrogens with zero attached hydrogens (tertiary/aromatic N) is 2. The second-order valence-corrected chi connectivity index (χ2v) is 17.5. The van der Waals surface area contributed by atoms with E-state index < -0.39 is 0 Å². The molecule has 0 spiro atoms. The molecule has 0 saturated heterocycles. The van der Waals surface area contributed by atoms with Crippen LogP contribution in [0, 0.1) is 0 Å². The van der Waals surface area contributed by atoms with Crippen molar-refractivity contribution < 1.29 is 0 Å². The van der Waals surface area contributed by atoms with Crippen LogP contribution in [0.25, 0.3) is 70.6 Å². The lowest BCUT2D eigenvalue weighted by atomic mass is 9.80. The summed E-state index contributed by atoms with van der Waals surface area (Å²) < 4.78 is 2.48. The number of anilines is 3. The largest absolute Gasteiger partial charge is 0.310 e. The Bertz CT molecular complexity index is 3010. The lowest BCUT2D eigenvalue weighted by Crippen LogP contribution is -2.17. The molecule has 10 rings (SSSR count). The van der Waals surface area contributed by atoms with E-state index in [9.17, 15) is 0 Å². The summed E-state index contributed by atoms with van der Waals surface area (Å²) in [6.07, 6.45) is 0. The van der Waals surface area contributed by atoms with Crippen molar-refractivity contribution in [3.63, 3.8) is 0 Å². The smallest absolute Gasteiger partial charge is 0.0542 e. The van der Waals surface area contributed by atoms with Gasteiger partial charge in [0.25, 0.3) is 0 Å². The summed E-state index contributed by atoms with van der Waals surface area (Å²) in [6.45, 7) is 13.9. The van der Waals surface area contributed by atoms with Crippen molar-refractivity contribution in [3.05, 3.63) is 181 Å². The molecule has 0 aliphatic heterocycles. The first-order valence-electron chi connectivity index (χ1n) is 19.8. The van der Waals surface area contributed by atoms with Crippen LogP contribution in [0.2, 0.25) is 0 Å². The molecule has 9 aromatic carbocycles. The minimum absolute atomic E-state index is 0.0146. The molecule has 2 nitrogen and oxygen atoms in total. The van der Waals surface area contributed by atoms with Gasteiger partial charge in [0.05, 0.1) is 11.0 Å². The summed E-state index contributed by atoms with van der Waals surface area (Å²) in [5.74, 6) is 0. The van der Waals surface area contributed by atoms with Crippen LogP contribution in [0.3, 0.4) is 0 Å². The third kappa shape index (κ3) is 5.63. The zero-order valence-electron chi connectivity index (χ0n) is 33.1. The summed E-state index contributed by atoms with van der Waals surface area (Å²) in [6, 6.07) is 63.4. The molecule has 0 amide bonds. The first kappa shape index (κ1) is 34.1. The topological polar surface area (TPSA) is 8.17 Å². The van der Waals surface area contributed by atoms with Gasteiger partial charge in [-0.15, -0.1) is 0 Å². The second-order valence-electron chi connectivity index (χ2n) is 17.5. The molecule has 0 unspecified atom stereocenters. The molecule has 0 atom stereocenters. The van der Waals surface area contributed by atoms with Crippen molar-refractivity contribution in [1.82, 2.24) is 4.57 Å². The Balaban J connectivity index is 1.21. The molecule has 1 heterocycles. The van der Waals surface area contributed by atoms with E-state index in [1.807, 2.05) is 0 Å². The number of aromatic nitrogens is 1. The van der Waals surface area contributed by atoms with E-state index in [0.29, 0.717) is 0 Å². The Hall–Kier alpha value is -6.38. The van der Waals surface area contributed by atoms with Gasteiger partial charge in [0.2, 0.25) is 0 Å². The third-order valence-corrected chi connectivity index (χ3v) is 11.8. The zero-order valence-corrected chi connectivity index (χ0v) is 33.1. The molecule has 0 aliphatic rings. The van der Waals surface area contributed by atoms with E-state index in [-0.39, 0.29) is 10.8 Å². The van der Waals surface area contributed by atoms with Crippen LogP contribution in [0.5, 0.6) is 0 Å². The van der Waals surface area contributed by atoms with E-state index in [2.05, 4.69) is 221 Å². The summed E-state index contributed by atoms with van der Waals surface area (Å²) in [5.41, 5.74) is 9.74. The fourth-order valence-electron chi connectivity index (χ4n) is 8.71. The molecule has 0 fully saturated rings. The lowest BCUT2D eigenvalue weighted by Gasteiger charge is -2.27. The van der Waals surface area contributed by atoms with Gasteiger partial charge in [0.15, 0.2) is 0 Å². The average molecular weight is 723 g/mol. The molecule has 0 bridgehead atoms. The van der Waals surface area contributed by atoms with Crippen molar-refractivity contribution in [2.45, 2.75) is 52.4 Å². The van der Waals surface area contributed by atoms with Crippen molar-refractivity contribution in [2.24, 2.45) is 0 Å². The van der Waals surface area contributed by atoms with Crippen LogP contribution in [0.15, 0.2) is 170 Å². The minimum atomic E-state index is 0.0146. The van der Waals surface area contributed by atoms with Crippen molar-refractivity contribution >= 4 is 82.0 Å². The number of hydrogen-bond acceptors (Lipinski definition) is 1. The molecule has 2 heteroatoms.